The van der Waals surface area contributed by atoms with E-state index in [1.165, 1.54) is 0 Å². The normalized spacial score (nSPS) is 12.0. The van der Waals surface area contributed by atoms with E-state index in [1.54, 1.807) is 0 Å². The molecule has 86 valence electrons. The first-order valence-corrected chi connectivity index (χ1v) is 5.61. The molecule has 15 heavy (non-hydrogen) atoms. The smallest absolute Gasteiger partial charge is 0.226 e. The third kappa shape index (κ3) is 4.93. The van der Waals surface area contributed by atoms with Gasteiger partial charge in [-0.05, 0) is 26.7 Å². The maximum absolute atomic E-state index is 5.88. The van der Waals surface area contributed by atoms with Crippen LogP contribution >= 0.6 is 0 Å². The molecule has 1 rings (SSSR count). The molecule has 0 bridgehead atoms. The molecule has 0 aliphatic carbocycles. The van der Waals surface area contributed by atoms with E-state index in [2.05, 4.69) is 17.1 Å². The molecular weight excluding hydrogens is 190 g/mol. The monoisotopic (exact) mass is 211 g/mol. The van der Waals surface area contributed by atoms with Crippen LogP contribution in [0.4, 0.5) is 0 Å². The molecular formula is C11H21N3O. The van der Waals surface area contributed by atoms with Gasteiger partial charge in [0.2, 0.25) is 5.89 Å². The van der Waals surface area contributed by atoms with Gasteiger partial charge in [-0.15, -0.1) is 0 Å². The van der Waals surface area contributed by atoms with Crippen LogP contribution in [0.3, 0.4) is 0 Å². The Balaban J connectivity index is 2.39. The lowest BCUT2D eigenvalue weighted by Gasteiger charge is -2.16. The van der Waals surface area contributed by atoms with Crippen molar-refractivity contribution in [3.63, 3.8) is 0 Å². The standard InChI is InChI=1S/C11H21N3O/c1-4-5-6-9-13-10(15-14-9)7-8-11(2,3)12/h4-8,12H2,1-3H3. The van der Waals surface area contributed by atoms with Gasteiger partial charge in [-0.1, -0.05) is 18.5 Å². The molecule has 1 heterocycles. The number of nitrogens with two attached hydrogens (primary N) is 1. The highest BCUT2D eigenvalue weighted by molar-refractivity contribution is 4.88. The van der Waals surface area contributed by atoms with Gasteiger partial charge in [-0.25, -0.2) is 0 Å². The minimum atomic E-state index is -0.169. The fourth-order valence-electron chi connectivity index (χ4n) is 1.26. The molecule has 0 aliphatic heterocycles. The minimum absolute atomic E-state index is 0.169. The number of aromatic nitrogens is 2. The zero-order chi connectivity index (χ0) is 11.3. The average molecular weight is 211 g/mol. The van der Waals surface area contributed by atoms with Crippen LogP contribution in [0.15, 0.2) is 4.52 Å². The van der Waals surface area contributed by atoms with Crippen LogP contribution in [0.25, 0.3) is 0 Å². The predicted octanol–water partition coefficient (Wildman–Crippen LogP) is 2.08. The molecule has 0 saturated heterocycles. The summed E-state index contributed by atoms with van der Waals surface area (Å²) in [5.74, 6) is 1.53. The summed E-state index contributed by atoms with van der Waals surface area (Å²) in [7, 11) is 0. The Morgan fingerprint density at radius 3 is 2.67 bits per heavy atom. The second-order valence-corrected chi connectivity index (χ2v) is 4.70. The van der Waals surface area contributed by atoms with E-state index in [0.717, 1.165) is 37.9 Å². The molecule has 0 atom stereocenters. The molecule has 0 amide bonds. The summed E-state index contributed by atoms with van der Waals surface area (Å²) in [5, 5.41) is 3.93. The van der Waals surface area contributed by atoms with Crippen LogP contribution in [0, 0.1) is 0 Å². The summed E-state index contributed by atoms with van der Waals surface area (Å²) < 4.78 is 5.14. The largest absolute Gasteiger partial charge is 0.339 e. The molecule has 4 heteroatoms. The van der Waals surface area contributed by atoms with Crippen molar-refractivity contribution in [2.45, 2.75) is 58.4 Å². The molecule has 0 fully saturated rings. The summed E-state index contributed by atoms with van der Waals surface area (Å²) in [6, 6.07) is 0. The van der Waals surface area contributed by atoms with Crippen molar-refractivity contribution in [3.8, 4) is 0 Å². The fraction of sp³-hybridized carbons (Fsp3) is 0.818. The summed E-state index contributed by atoms with van der Waals surface area (Å²) in [5.41, 5.74) is 5.71. The number of hydrogen-bond acceptors (Lipinski definition) is 4. The quantitative estimate of drug-likeness (QED) is 0.782. The SMILES string of the molecule is CCCCc1noc(CCC(C)(C)N)n1. The fourth-order valence-corrected chi connectivity index (χ4v) is 1.26. The number of rotatable bonds is 6. The molecule has 1 aromatic rings. The van der Waals surface area contributed by atoms with Crippen molar-refractivity contribution in [2.75, 3.05) is 0 Å². The molecule has 1 aromatic heterocycles. The van der Waals surface area contributed by atoms with Gasteiger partial charge in [0.1, 0.15) is 0 Å². The number of unbranched alkanes of at least 4 members (excludes halogenated alkanes) is 1. The van der Waals surface area contributed by atoms with E-state index < -0.39 is 0 Å². The van der Waals surface area contributed by atoms with Gasteiger partial charge < -0.3 is 10.3 Å². The summed E-state index contributed by atoms with van der Waals surface area (Å²) in [6.07, 6.45) is 4.80. The molecule has 4 nitrogen and oxygen atoms in total. The van der Waals surface area contributed by atoms with Gasteiger partial charge in [0.15, 0.2) is 5.82 Å². The van der Waals surface area contributed by atoms with E-state index in [1.807, 2.05) is 13.8 Å². The molecule has 2 N–H and O–H groups in total. The average Bonchev–Trinajstić information content (AvgIpc) is 2.58. The maximum atomic E-state index is 5.88. The van der Waals surface area contributed by atoms with Gasteiger partial charge in [-0.3, -0.25) is 0 Å². The zero-order valence-electron chi connectivity index (χ0n) is 9.92. The maximum Gasteiger partial charge on any atom is 0.226 e. The zero-order valence-corrected chi connectivity index (χ0v) is 9.92. The van der Waals surface area contributed by atoms with E-state index in [4.69, 9.17) is 10.3 Å². The highest BCUT2D eigenvalue weighted by atomic mass is 16.5. The summed E-state index contributed by atoms with van der Waals surface area (Å²) >= 11 is 0. The van der Waals surface area contributed by atoms with Crippen molar-refractivity contribution >= 4 is 0 Å². The van der Waals surface area contributed by atoms with Crippen molar-refractivity contribution < 1.29 is 4.52 Å². The first kappa shape index (κ1) is 12.2. The number of hydrogen-bond donors (Lipinski definition) is 1. The molecule has 0 aromatic carbocycles. The van der Waals surface area contributed by atoms with Gasteiger partial charge in [-0.2, -0.15) is 4.98 Å². The number of nitrogens with zero attached hydrogens (tertiary/aromatic N) is 2. The topological polar surface area (TPSA) is 64.9 Å². The van der Waals surface area contributed by atoms with Crippen LogP contribution < -0.4 is 5.73 Å². The first-order valence-electron chi connectivity index (χ1n) is 5.61. The summed E-state index contributed by atoms with van der Waals surface area (Å²) in [6.45, 7) is 6.15. The first-order chi connectivity index (χ1) is 7.01. The van der Waals surface area contributed by atoms with Crippen LogP contribution in [-0.4, -0.2) is 15.7 Å². The Hall–Kier alpha value is -0.900. The number of aryl methyl sites for hydroxylation is 2. The van der Waals surface area contributed by atoms with Crippen molar-refractivity contribution in [3.05, 3.63) is 11.7 Å². The third-order valence-corrected chi connectivity index (χ3v) is 2.25. The Labute approximate surface area is 91.2 Å². The van der Waals surface area contributed by atoms with E-state index in [9.17, 15) is 0 Å². The van der Waals surface area contributed by atoms with E-state index in [-0.39, 0.29) is 5.54 Å². The van der Waals surface area contributed by atoms with Crippen molar-refractivity contribution in [2.24, 2.45) is 5.73 Å². The second-order valence-electron chi connectivity index (χ2n) is 4.70. The van der Waals surface area contributed by atoms with Crippen molar-refractivity contribution in [1.82, 2.24) is 10.1 Å². The van der Waals surface area contributed by atoms with Crippen LogP contribution in [0.2, 0.25) is 0 Å². The van der Waals surface area contributed by atoms with Gasteiger partial charge in [0, 0.05) is 18.4 Å². The van der Waals surface area contributed by atoms with Crippen LogP contribution in [-0.2, 0) is 12.8 Å². The van der Waals surface area contributed by atoms with E-state index in [0.29, 0.717) is 5.89 Å². The summed E-state index contributed by atoms with van der Waals surface area (Å²) in [4.78, 5) is 4.32. The highest BCUT2D eigenvalue weighted by Crippen LogP contribution is 2.10. The lowest BCUT2D eigenvalue weighted by atomic mass is 10.0. The predicted molar refractivity (Wildman–Crippen MR) is 59.5 cm³/mol. The van der Waals surface area contributed by atoms with E-state index >= 15 is 0 Å². The Bertz CT molecular complexity index is 288. The van der Waals surface area contributed by atoms with Gasteiger partial charge in [0.05, 0.1) is 0 Å². The molecule has 0 radical (unpaired) electrons. The lowest BCUT2D eigenvalue weighted by molar-refractivity contribution is 0.354. The van der Waals surface area contributed by atoms with Crippen LogP contribution in [0.1, 0.15) is 51.7 Å². The highest BCUT2D eigenvalue weighted by Gasteiger charge is 2.13. The lowest BCUT2D eigenvalue weighted by Crippen LogP contribution is -2.32. The minimum Gasteiger partial charge on any atom is -0.339 e. The third-order valence-electron chi connectivity index (χ3n) is 2.25. The van der Waals surface area contributed by atoms with Gasteiger partial charge >= 0.3 is 0 Å². The Morgan fingerprint density at radius 1 is 1.33 bits per heavy atom. The molecule has 0 spiro atoms. The van der Waals surface area contributed by atoms with Crippen LogP contribution in [0.5, 0.6) is 0 Å². The molecule has 0 saturated carbocycles. The molecule has 0 aliphatic rings. The van der Waals surface area contributed by atoms with Crippen molar-refractivity contribution in [1.29, 1.82) is 0 Å². The molecule has 0 unspecified atom stereocenters. The van der Waals surface area contributed by atoms with Gasteiger partial charge in [0.25, 0.3) is 0 Å². The Kier molecular flexibility index (Phi) is 4.27. The Morgan fingerprint density at radius 2 is 2.07 bits per heavy atom. The second kappa shape index (κ2) is 5.26.